The molecule has 1 aliphatic carbocycles. The quantitative estimate of drug-likeness (QED) is 0.768. The van der Waals surface area contributed by atoms with Gasteiger partial charge in [-0.05, 0) is 48.3 Å². The highest BCUT2D eigenvalue weighted by atomic mass is 16.2. The first kappa shape index (κ1) is 19.4. The highest BCUT2D eigenvalue weighted by Gasteiger charge is 2.58. The molecule has 1 aliphatic heterocycles. The summed E-state index contributed by atoms with van der Waals surface area (Å²) < 4.78 is 0. The van der Waals surface area contributed by atoms with Crippen LogP contribution in [-0.4, -0.2) is 36.3 Å². The van der Waals surface area contributed by atoms with Crippen LogP contribution in [0.1, 0.15) is 30.4 Å². The third-order valence-electron chi connectivity index (χ3n) is 6.35. The second-order valence-corrected chi connectivity index (χ2v) is 8.22. The van der Waals surface area contributed by atoms with Gasteiger partial charge in [-0.3, -0.25) is 9.59 Å². The number of carbonyl (C=O) groups excluding carboxylic acids is 2. The van der Waals surface area contributed by atoms with Gasteiger partial charge in [-0.15, -0.1) is 0 Å². The van der Waals surface area contributed by atoms with E-state index >= 15 is 0 Å². The minimum atomic E-state index is 0.0632. The molecule has 4 nitrogen and oxygen atoms in total. The zero-order chi connectivity index (χ0) is 20.1. The summed E-state index contributed by atoms with van der Waals surface area (Å²) in [6.07, 6.45) is 7.21. The van der Waals surface area contributed by atoms with Gasteiger partial charge >= 0.3 is 0 Å². The van der Waals surface area contributed by atoms with Gasteiger partial charge < -0.3 is 10.2 Å². The normalized spacial score (nSPS) is 20.0. The van der Waals surface area contributed by atoms with E-state index in [1.807, 2.05) is 59.5 Å². The monoisotopic (exact) mass is 388 g/mol. The van der Waals surface area contributed by atoms with E-state index in [0.717, 1.165) is 44.3 Å². The van der Waals surface area contributed by atoms with Gasteiger partial charge in [-0.2, -0.15) is 0 Å². The summed E-state index contributed by atoms with van der Waals surface area (Å²) >= 11 is 0. The van der Waals surface area contributed by atoms with E-state index in [-0.39, 0.29) is 23.1 Å². The van der Waals surface area contributed by atoms with Crippen LogP contribution in [0.4, 0.5) is 0 Å². The van der Waals surface area contributed by atoms with Crippen LogP contribution >= 0.6 is 0 Å². The van der Waals surface area contributed by atoms with Crippen molar-refractivity contribution in [2.24, 2.45) is 11.3 Å². The van der Waals surface area contributed by atoms with Crippen LogP contribution in [0, 0.1) is 11.3 Å². The molecule has 4 rings (SSSR count). The lowest BCUT2D eigenvalue weighted by molar-refractivity contribution is -0.127. The van der Waals surface area contributed by atoms with E-state index in [1.54, 1.807) is 6.08 Å². The predicted molar refractivity (Wildman–Crippen MR) is 115 cm³/mol. The van der Waals surface area contributed by atoms with Crippen molar-refractivity contribution < 1.29 is 9.59 Å². The molecule has 29 heavy (non-hydrogen) atoms. The molecular weight excluding hydrogens is 360 g/mol. The van der Waals surface area contributed by atoms with Crippen LogP contribution < -0.4 is 5.32 Å². The van der Waals surface area contributed by atoms with Crippen molar-refractivity contribution in [2.75, 3.05) is 19.6 Å². The number of hydrogen-bond acceptors (Lipinski definition) is 2. The number of nitrogens with zero attached hydrogens (tertiary/aromatic N) is 1. The highest BCUT2D eigenvalue weighted by molar-refractivity contribution is 5.92. The topological polar surface area (TPSA) is 49.4 Å². The number of piperidine rings is 1. The van der Waals surface area contributed by atoms with Gasteiger partial charge in [0.05, 0.1) is 0 Å². The fraction of sp³-hybridized carbons (Fsp3) is 0.360. The molecule has 150 valence electrons. The smallest absolute Gasteiger partial charge is 0.246 e. The average Bonchev–Trinajstić information content (AvgIpc) is 3.47. The minimum absolute atomic E-state index is 0.0632. The maximum absolute atomic E-state index is 12.5. The van der Waals surface area contributed by atoms with Crippen molar-refractivity contribution in [3.05, 3.63) is 77.9 Å². The Balaban J connectivity index is 1.21. The molecule has 2 aromatic rings. The van der Waals surface area contributed by atoms with Gasteiger partial charge in [0.1, 0.15) is 0 Å². The Morgan fingerprint density at radius 3 is 2.34 bits per heavy atom. The Kier molecular flexibility index (Phi) is 5.79. The molecule has 2 amide bonds. The van der Waals surface area contributed by atoms with Crippen molar-refractivity contribution in [3.8, 4) is 0 Å². The summed E-state index contributed by atoms with van der Waals surface area (Å²) in [6, 6.07) is 20.1. The Hall–Kier alpha value is -2.88. The zero-order valence-corrected chi connectivity index (χ0v) is 16.7. The molecule has 1 unspecified atom stereocenters. The first-order chi connectivity index (χ1) is 14.2. The van der Waals surface area contributed by atoms with Gasteiger partial charge in [-0.1, -0.05) is 60.7 Å². The number of benzene rings is 2. The molecule has 1 saturated carbocycles. The third-order valence-corrected chi connectivity index (χ3v) is 6.35. The molecule has 2 fully saturated rings. The molecule has 2 aliphatic rings. The summed E-state index contributed by atoms with van der Waals surface area (Å²) in [5.74, 6) is 0.369. The van der Waals surface area contributed by atoms with E-state index in [0.29, 0.717) is 6.54 Å². The molecule has 0 bridgehead atoms. The van der Waals surface area contributed by atoms with Crippen LogP contribution in [0.2, 0.25) is 0 Å². The molecule has 1 heterocycles. The summed E-state index contributed by atoms with van der Waals surface area (Å²) in [5, 5.41) is 3.11. The molecule has 2 aromatic carbocycles. The van der Waals surface area contributed by atoms with Crippen molar-refractivity contribution >= 4 is 17.9 Å². The average molecular weight is 389 g/mol. The standard InChI is InChI=1S/C25H28N2O2/c28-23(12-11-20-7-3-1-4-8-20)27-17-14-25(15-18-27)19-22(25)24(29)26-16-13-21-9-5-2-6-10-21/h1-12,22H,13-19H2,(H,26,29). The molecule has 0 aromatic heterocycles. The molecule has 0 radical (unpaired) electrons. The number of hydrogen-bond donors (Lipinski definition) is 1. The molecule has 1 atom stereocenters. The zero-order valence-electron chi connectivity index (χ0n) is 16.7. The Bertz CT molecular complexity index is 868. The minimum Gasteiger partial charge on any atom is -0.356 e. The highest BCUT2D eigenvalue weighted by Crippen LogP contribution is 2.59. The van der Waals surface area contributed by atoms with Crippen LogP contribution in [-0.2, 0) is 16.0 Å². The van der Waals surface area contributed by atoms with Crippen LogP contribution in [0.5, 0.6) is 0 Å². The van der Waals surface area contributed by atoms with Gasteiger partial charge in [-0.25, -0.2) is 0 Å². The van der Waals surface area contributed by atoms with Crippen molar-refractivity contribution in [3.63, 3.8) is 0 Å². The summed E-state index contributed by atoms with van der Waals surface area (Å²) in [5.41, 5.74) is 2.40. The van der Waals surface area contributed by atoms with E-state index in [4.69, 9.17) is 0 Å². The largest absolute Gasteiger partial charge is 0.356 e. The van der Waals surface area contributed by atoms with Gasteiger partial charge in [0.2, 0.25) is 11.8 Å². The molecule has 1 saturated heterocycles. The third kappa shape index (κ3) is 4.76. The van der Waals surface area contributed by atoms with Crippen LogP contribution in [0.25, 0.3) is 6.08 Å². The number of rotatable bonds is 6. The van der Waals surface area contributed by atoms with Gasteiger partial charge in [0.15, 0.2) is 0 Å². The molecular formula is C25H28N2O2. The number of likely N-dealkylation sites (tertiary alicyclic amines) is 1. The van der Waals surface area contributed by atoms with Crippen LogP contribution in [0.15, 0.2) is 66.7 Å². The molecule has 1 N–H and O–H groups in total. The number of amides is 2. The lowest BCUT2D eigenvalue weighted by Crippen LogP contribution is -2.40. The fourth-order valence-electron chi connectivity index (χ4n) is 4.38. The van der Waals surface area contributed by atoms with E-state index < -0.39 is 0 Å². The summed E-state index contributed by atoms with van der Waals surface area (Å²) in [6.45, 7) is 2.17. The lowest BCUT2D eigenvalue weighted by Gasteiger charge is -2.32. The second-order valence-electron chi connectivity index (χ2n) is 8.22. The SMILES string of the molecule is O=C(NCCc1ccccc1)C1CC12CCN(C(=O)C=Cc1ccccc1)CC2. The van der Waals surface area contributed by atoms with Gasteiger partial charge in [0, 0.05) is 31.6 Å². The summed E-state index contributed by atoms with van der Waals surface area (Å²) in [4.78, 5) is 26.9. The Labute approximate surface area is 172 Å². The maximum Gasteiger partial charge on any atom is 0.246 e. The van der Waals surface area contributed by atoms with E-state index in [1.165, 1.54) is 5.56 Å². The van der Waals surface area contributed by atoms with Crippen molar-refractivity contribution in [1.29, 1.82) is 0 Å². The fourth-order valence-corrected chi connectivity index (χ4v) is 4.38. The second kappa shape index (κ2) is 8.64. The van der Waals surface area contributed by atoms with Crippen LogP contribution in [0.3, 0.4) is 0 Å². The van der Waals surface area contributed by atoms with Crippen molar-refractivity contribution in [1.82, 2.24) is 10.2 Å². The Morgan fingerprint density at radius 1 is 1.00 bits per heavy atom. The predicted octanol–water partition coefficient (Wildman–Crippen LogP) is 3.69. The Morgan fingerprint density at radius 2 is 1.66 bits per heavy atom. The van der Waals surface area contributed by atoms with Gasteiger partial charge in [0.25, 0.3) is 0 Å². The molecule has 1 spiro atoms. The maximum atomic E-state index is 12.5. The number of carbonyl (C=O) groups is 2. The summed E-state index contributed by atoms with van der Waals surface area (Å²) in [7, 11) is 0. The van der Waals surface area contributed by atoms with E-state index in [9.17, 15) is 9.59 Å². The van der Waals surface area contributed by atoms with E-state index in [2.05, 4.69) is 17.4 Å². The first-order valence-corrected chi connectivity index (χ1v) is 10.5. The number of nitrogens with one attached hydrogen (secondary N) is 1. The lowest BCUT2D eigenvalue weighted by atomic mass is 9.90. The van der Waals surface area contributed by atoms with Crippen molar-refractivity contribution in [2.45, 2.75) is 25.7 Å². The first-order valence-electron chi connectivity index (χ1n) is 10.5. The molecule has 4 heteroatoms.